The molecule has 1 saturated carbocycles. The number of hydrogen-bond donors (Lipinski definition) is 1. The van der Waals surface area contributed by atoms with Crippen LogP contribution in [0.1, 0.15) is 51.4 Å². The van der Waals surface area contributed by atoms with Crippen molar-refractivity contribution in [1.82, 2.24) is 0 Å². The van der Waals surface area contributed by atoms with Gasteiger partial charge in [-0.05, 0) is 25.2 Å². The summed E-state index contributed by atoms with van der Waals surface area (Å²) in [5, 5.41) is 9.44. The van der Waals surface area contributed by atoms with Gasteiger partial charge in [-0.2, -0.15) is 0 Å². The third-order valence-corrected chi connectivity index (χ3v) is 4.18. The minimum absolute atomic E-state index is 0.429. The van der Waals surface area contributed by atoms with Crippen LogP contribution in [0.2, 0.25) is 0 Å². The van der Waals surface area contributed by atoms with Crippen molar-refractivity contribution in [3.63, 3.8) is 0 Å². The number of aliphatic carboxylic acids is 1. The maximum atomic E-state index is 11.5. The van der Waals surface area contributed by atoms with E-state index in [2.05, 4.69) is 0 Å². The van der Waals surface area contributed by atoms with Crippen molar-refractivity contribution in [2.45, 2.75) is 51.4 Å². The van der Waals surface area contributed by atoms with Crippen LogP contribution in [0, 0.1) is 11.3 Å². The van der Waals surface area contributed by atoms with Crippen LogP contribution in [0.15, 0.2) is 0 Å². The Bertz CT molecular complexity index is 238. The lowest BCUT2D eigenvalue weighted by Crippen LogP contribution is -2.41. The largest absolute Gasteiger partial charge is 0.481 e. The van der Waals surface area contributed by atoms with Gasteiger partial charge in [-0.1, -0.05) is 32.1 Å². The molecule has 0 aromatic carbocycles. The van der Waals surface area contributed by atoms with Crippen LogP contribution in [-0.2, 0) is 9.53 Å². The van der Waals surface area contributed by atoms with Crippen LogP contribution in [0.3, 0.4) is 0 Å². The first-order valence-corrected chi connectivity index (χ1v) is 6.54. The Morgan fingerprint density at radius 1 is 1.25 bits per heavy atom. The summed E-state index contributed by atoms with van der Waals surface area (Å²) in [6, 6.07) is 0. The Morgan fingerprint density at radius 2 is 2.00 bits per heavy atom. The summed E-state index contributed by atoms with van der Waals surface area (Å²) >= 11 is 0. The standard InChI is InChI=1S/C13H22O3/c14-12(15)13(7-4-8-16-10-13)9-11-5-2-1-3-6-11/h11H,1-10H2,(H,14,15). The summed E-state index contributed by atoms with van der Waals surface area (Å²) in [6.07, 6.45) is 8.86. The second kappa shape index (κ2) is 5.17. The molecule has 2 fully saturated rings. The monoisotopic (exact) mass is 226 g/mol. The first-order valence-electron chi connectivity index (χ1n) is 6.54. The van der Waals surface area contributed by atoms with Gasteiger partial charge < -0.3 is 9.84 Å². The van der Waals surface area contributed by atoms with E-state index in [1.807, 2.05) is 0 Å². The molecule has 16 heavy (non-hydrogen) atoms. The van der Waals surface area contributed by atoms with Gasteiger partial charge in [-0.15, -0.1) is 0 Å². The summed E-state index contributed by atoms with van der Waals surface area (Å²) in [5.41, 5.74) is -0.569. The molecule has 1 heterocycles. The Kier molecular flexibility index (Phi) is 3.85. The van der Waals surface area contributed by atoms with Crippen LogP contribution in [0.25, 0.3) is 0 Å². The molecule has 0 bridgehead atoms. The molecule has 1 aliphatic carbocycles. The number of rotatable bonds is 3. The molecular formula is C13H22O3. The lowest BCUT2D eigenvalue weighted by molar-refractivity contribution is -0.159. The molecule has 1 unspecified atom stereocenters. The van der Waals surface area contributed by atoms with Crippen LogP contribution >= 0.6 is 0 Å². The van der Waals surface area contributed by atoms with Crippen LogP contribution < -0.4 is 0 Å². The molecule has 3 heteroatoms. The number of carbonyl (C=O) groups is 1. The van der Waals surface area contributed by atoms with Crippen molar-refractivity contribution in [3.8, 4) is 0 Å². The first kappa shape index (κ1) is 11.9. The van der Waals surface area contributed by atoms with E-state index in [9.17, 15) is 9.90 Å². The number of ether oxygens (including phenoxy) is 1. The Balaban J connectivity index is 1.98. The normalized spacial score (nSPS) is 32.5. The molecular weight excluding hydrogens is 204 g/mol. The van der Waals surface area contributed by atoms with Crippen molar-refractivity contribution in [1.29, 1.82) is 0 Å². The van der Waals surface area contributed by atoms with E-state index >= 15 is 0 Å². The highest BCUT2D eigenvalue weighted by molar-refractivity contribution is 5.75. The molecule has 0 aromatic rings. The zero-order chi connectivity index (χ0) is 11.4. The topological polar surface area (TPSA) is 46.5 Å². The first-order chi connectivity index (χ1) is 7.73. The van der Waals surface area contributed by atoms with E-state index in [4.69, 9.17) is 4.74 Å². The maximum absolute atomic E-state index is 11.5. The lowest BCUT2D eigenvalue weighted by Gasteiger charge is -2.37. The Labute approximate surface area is 97.2 Å². The number of carboxylic acid groups (broad SMARTS) is 1. The third kappa shape index (κ3) is 2.57. The van der Waals surface area contributed by atoms with E-state index in [-0.39, 0.29) is 0 Å². The van der Waals surface area contributed by atoms with Gasteiger partial charge in [-0.25, -0.2) is 0 Å². The molecule has 3 nitrogen and oxygen atoms in total. The average Bonchev–Trinajstić information content (AvgIpc) is 2.31. The maximum Gasteiger partial charge on any atom is 0.311 e. The van der Waals surface area contributed by atoms with Gasteiger partial charge in [0.15, 0.2) is 0 Å². The van der Waals surface area contributed by atoms with E-state index in [1.165, 1.54) is 32.1 Å². The second-order valence-corrected chi connectivity index (χ2v) is 5.45. The smallest absolute Gasteiger partial charge is 0.311 e. The minimum atomic E-state index is -0.641. The SMILES string of the molecule is O=C(O)C1(CC2CCCCC2)CCCOC1. The summed E-state index contributed by atoms with van der Waals surface area (Å²) < 4.78 is 5.41. The van der Waals surface area contributed by atoms with E-state index in [0.717, 1.165) is 25.9 Å². The number of hydrogen-bond acceptors (Lipinski definition) is 2. The molecule has 1 aliphatic heterocycles. The molecule has 0 radical (unpaired) electrons. The fraction of sp³-hybridized carbons (Fsp3) is 0.923. The molecule has 1 atom stereocenters. The van der Waals surface area contributed by atoms with E-state index < -0.39 is 11.4 Å². The Hall–Kier alpha value is -0.570. The van der Waals surface area contributed by atoms with Crippen LogP contribution in [-0.4, -0.2) is 24.3 Å². The molecule has 2 aliphatic rings. The lowest BCUT2D eigenvalue weighted by atomic mass is 9.72. The Morgan fingerprint density at radius 3 is 2.56 bits per heavy atom. The van der Waals surface area contributed by atoms with Crippen molar-refractivity contribution in [2.24, 2.45) is 11.3 Å². The fourth-order valence-electron chi connectivity index (χ4n) is 3.21. The van der Waals surface area contributed by atoms with Gasteiger partial charge in [0.25, 0.3) is 0 Å². The van der Waals surface area contributed by atoms with Crippen molar-refractivity contribution in [3.05, 3.63) is 0 Å². The summed E-state index contributed by atoms with van der Waals surface area (Å²) in [5.74, 6) is -0.0238. The summed E-state index contributed by atoms with van der Waals surface area (Å²) in [6.45, 7) is 1.17. The molecule has 0 amide bonds. The molecule has 0 aromatic heterocycles. The number of carboxylic acids is 1. The molecule has 1 N–H and O–H groups in total. The summed E-state index contributed by atoms with van der Waals surface area (Å²) in [7, 11) is 0. The molecule has 92 valence electrons. The molecule has 1 saturated heterocycles. The van der Waals surface area contributed by atoms with Crippen molar-refractivity contribution >= 4 is 5.97 Å². The zero-order valence-electron chi connectivity index (χ0n) is 9.91. The van der Waals surface area contributed by atoms with Gasteiger partial charge in [0.1, 0.15) is 0 Å². The average molecular weight is 226 g/mol. The predicted molar refractivity (Wildman–Crippen MR) is 61.3 cm³/mol. The highest BCUT2D eigenvalue weighted by Crippen LogP contribution is 2.40. The van der Waals surface area contributed by atoms with Crippen molar-refractivity contribution < 1.29 is 14.6 Å². The van der Waals surface area contributed by atoms with Crippen molar-refractivity contribution in [2.75, 3.05) is 13.2 Å². The fourth-order valence-corrected chi connectivity index (χ4v) is 3.21. The van der Waals surface area contributed by atoms with E-state index in [1.54, 1.807) is 0 Å². The minimum Gasteiger partial charge on any atom is -0.481 e. The highest BCUT2D eigenvalue weighted by Gasteiger charge is 2.42. The van der Waals surface area contributed by atoms with Crippen LogP contribution in [0.4, 0.5) is 0 Å². The van der Waals surface area contributed by atoms with Gasteiger partial charge in [0, 0.05) is 6.61 Å². The third-order valence-electron chi connectivity index (χ3n) is 4.18. The van der Waals surface area contributed by atoms with Gasteiger partial charge in [0.05, 0.1) is 12.0 Å². The van der Waals surface area contributed by atoms with Crippen LogP contribution in [0.5, 0.6) is 0 Å². The van der Waals surface area contributed by atoms with Gasteiger partial charge >= 0.3 is 5.97 Å². The zero-order valence-corrected chi connectivity index (χ0v) is 9.91. The highest BCUT2D eigenvalue weighted by atomic mass is 16.5. The van der Waals surface area contributed by atoms with Gasteiger partial charge in [-0.3, -0.25) is 4.79 Å². The predicted octanol–water partition coefficient (Wildman–Crippen LogP) is 2.84. The molecule has 2 rings (SSSR count). The second-order valence-electron chi connectivity index (χ2n) is 5.45. The van der Waals surface area contributed by atoms with Gasteiger partial charge in [0.2, 0.25) is 0 Å². The van der Waals surface area contributed by atoms with E-state index in [0.29, 0.717) is 12.5 Å². The molecule has 0 spiro atoms. The summed E-state index contributed by atoms with van der Waals surface area (Å²) in [4.78, 5) is 11.5. The quantitative estimate of drug-likeness (QED) is 0.805.